The molecule has 114 valence electrons. The molecule has 4 heteroatoms. The predicted octanol–water partition coefficient (Wildman–Crippen LogP) is 3.90. The van der Waals surface area contributed by atoms with Crippen molar-refractivity contribution in [1.29, 1.82) is 0 Å². The van der Waals surface area contributed by atoms with Gasteiger partial charge in [-0.15, -0.1) is 0 Å². The van der Waals surface area contributed by atoms with Crippen LogP contribution >= 0.6 is 0 Å². The minimum absolute atomic E-state index is 0.180. The molecule has 0 saturated carbocycles. The van der Waals surface area contributed by atoms with Gasteiger partial charge in [0, 0.05) is 24.3 Å². The average molecular weight is 289 g/mol. The van der Waals surface area contributed by atoms with Crippen LogP contribution in [0.2, 0.25) is 0 Å². The third-order valence-corrected chi connectivity index (χ3v) is 3.96. The lowest BCUT2D eigenvalue weighted by atomic mass is 9.94. The maximum atomic E-state index is 13.8. The Hall–Kier alpha value is -1.68. The van der Waals surface area contributed by atoms with Crippen molar-refractivity contribution < 1.29 is 4.39 Å². The fourth-order valence-electron chi connectivity index (χ4n) is 2.76. The van der Waals surface area contributed by atoms with Crippen LogP contribution in [-0.2, 0) is 7.05 Å². The van der Waals surface area contributed by atoms with E-state index in [1.807, 2.05) is 31.6 Å². The van der Waals surface area contributed by atoms with Gasteiger partial charge in [0.2, 0.25) is 0 Å². The summed E-state index contributed by atoms with van der Waals surface area (Å²) >= 11 is 0. The molecule has 0 spiro atoms. The normalized spacial score (nSPS) is 12.7. The number of benzene rings is 1. The third-order valence-electron chi connectivity index (χ3n) is 3.96. The Morgan fingerprint density at radius 2 is 2.05 bits per heavy atom. The zero-order valence-corrected chi connectivity index (χ0v) is 13.5. The van der Waals surface area contributed by atoms with Gasteiger partial charge in [0.05, 0.1) is 5.69 Å². The molecule has 0 aliphatic carbocycles. The number of rotatable bonds is 5. The number of nitrogens with zero attached hydrogens (tertiary/aromatic N) is 2. The Labute approximate surface area is 126 Å². The largest absolute Gasteiger partial charge is 0.310 e. The van der Waals surface area contributed by atoms with Gasteiger partial charge in [0.1, 0.15) is 5.82 Å². The van der Waals surface area contributed by atoms with Gasteiger partial charge < -0.3 is 5.32 Å². The fraction of sp³-hybridized carbons (Fsp3) is 0.471. The second-order valence-corrected chi connectivity index (χ2v) is 5.58. The minimum atomic E-state index is -0.209. The van der Waals surface area contributed by atoms with Crippen LogP contribution < -0.4 is 5.32 Å². The van der Waals surface area contributed by atoms with Gasteiger partial charge >= 0.3 is 0 Å². The van der Waals surface area contributed by atoms with E-state index in [2.05, 4.69) is 24.3 Å². The third kappa shape index (κ3) is 3.16. The van der Waals surface area contributed by atoms with Gasteiger partial charge in [-0.3, -0.25) is 4.68 Å². The van der Waals surface area contributed by atoms with E-state index < -0.39 is 0 Å². The highest BCUT2D eigenvalue weighted by atomic mass is 19.1. The molecule has 21 heavy (non-hydrogen) atoms. The van der Waals surface area contributed by atoms with Crippen LogP contribution in [0.5, 0.6) is 0 Å². The highest BCUT2D eigenvalue weighted by Crippen LogP contribution is 2.33. The lowest BCUT2D eigenvalue weighted by molar-refractivity contribution is 0.569. The van der Waals surface area contributed by atoms with Crippen LogP contribution in [0.4, 0.5) is 4.39 Å². The second-order valence-electron chi connectivity index (χ2n) is 5.58. The Kier molecular flexibility index (Phi) is 4.78. The monoisotopic (exact) mass is 289 g/mol. The van der Waals surface area contributed by atoms with E-state index in [-0.39, 0.29) is 11.9 Å². The molecule has 1 atom stereocenters. The molecule has 1 aromatic carbocycles. The van der Waals surface area contributed by atoms with Crippen molar-refractivity contribution in [2.24, 2.45) is 7.05 Å². The first-order chi connectivity index (χ1) is 9.95. The average Bonchev–Trinajstić information content (AvgIpc) is 2.69. The fourth-order valence-corrected chi connectivity index (χ4v) is 2.76. The van der Waals surface area contributed by atoms with E-state index >= 15 is 0 Å². The Bertz CT molecular complexity index is 631. The molecule has 0 aliphatic rings. The maximum absolute atomic E-state index is 13.8. The van der Waals surface area contributed by atoms with Crippen LogP contribution in [0.15, 0.2) is 18.2 Å². The first-order valence-electron chi connectivity index (χ1n) is 7.49. The summed E-state index contributed by atoms with van der Waals surface area (Å²) in [4.78, 5) is 0. The van der Waals surface area contributed by atoms with Crippen LogP contribution in [0.3, 0.4) is 0 Å². The van der Waals surface area contributed by atoms with E-state index in [1.54, 1.807) is 6.07 Å². The molecule has 1 unspecified atom stereocenters. The quantitative estimate of drug-likeness (QED) is 0.904. The molecule has 0 aliphatic heterocycles. The summed E-state index contributed by atoms with van der Waals surface area (Å²) in [6, 6.07) is 5.21. The summed E-state index contributed by atoms with van der Waals surface area (Å²) in [6.45, 7) is 9.20. The molecule has 1 aromatic heterocycles. The van der Waals surface area contributed by atoms with Crippen LogP contribution in [0.25, 0.3) is 11.1 Å². The zero-order valence-electron chi connectivity index (χ0n) is 13.5. The maximum Gasteiger partial charge on any atom is 0.123 e. The van der Waals surface area contributed by atoms with Gasteiger partial charge in [-0.1, -0.05) is 13.0 Å². The Morgan fingerprint density at radius 1 is 1.33 bits per heavy atom. The number of hydrogen-bond acceptors (Lipinski definition) is 2. The van der Waals surface area contributed by atoms with Crippen LogP contribution in [-0.4, -0.2) is 16.3 Å². The first-order valence-corrected chi connectivity index (χ1v) is 7.49. The second kappa shape index (κ2) is 6.39. The van der Waals surface area contributed by atoms with E-state index in [4.69, 9.17) is 0 Å². The van der Waals surface area contributed by atoms with Gasteiger partial charge in [0.25, 0.3) is 0 Å². The Morgan fingerprint density at radius 3 is 2.62 bits per heavy atom. The highest BCUT2D eigenvalue weighted by Gasteiger charge is 2.18. The van der Waals surface area contributed by atoms with Gasteiger partial charge in [-0.05, 0) is 57.0 Å². The number of halogens is 1. The minimum Gasteiger partial charge on any atom is -0.310 e. The number of nitrogens with one attached hydrogen (secondary N) is 1. The molecule has 2 aromatic rings. The van der Waals surface area contributed by atoms with Crippen molar-refractivity contribution in [2.75, 3.05) is 6.54 Å². The summed E-state index contributed by atoms with van der Waals surface area (Å²) in [5.74, 6) is -0.209. The zero-order chi connectivity index (χ0) is 15.6. The molecule has 0 fully saturated rings. The lowest BCUT2D eigenvalue weighted by Gasteiger charge is -2.18. The van der Waals surface area contributed by atoms with Gasteiger partial charge in [-0.25, -0.2) is 4.39 Å². The SMILES string of the molecule is CCCNC(C)c1ccc(F)cc1-c1c(C)nn(C)c1C. The highest BCUT2D eigenvalue weighted by molar-refractivity contribution is 5.72. The van der Waals surface area contributed by atoms with Crippen LogP contribution in [0, 0.1) is 19.7 Å². The number of hydrogen-bond donors (Lipinski definition) is 1. The van der Waals surface area contributed by atoms with Crippen molar-refractivity contribution in [3.8, 4) is 11.1 Å². The molecule has 1 heterocycles. The number of aryl methyl sites for hydroxylation is 2. The summed E-state index contributed by atoms with van der Waals surface area (Å²) in [7, 11) is 1.92. The van der Waals surface area contributed by atoms with Crippen molar-refractivity contribution in [3.05, 3.63) is 41.0 Å². The van der Waals surface area contributed by atoms with Crippen molar-refractivity contribution in [2.45, 2.75) is 40.2 Å². The smallest absolute Gasteiger partial charge is 0.123 e. The molecule has 1 N–H and O–H groups in total. The van der Waals surface area contributed by atoms with Crippen LogP contribution in [0.1, 0.15) is 43.3 Å². The first kappa shape index (κ1) is 15.7. The van der Waals surface area contributed by atoms with E-state index in [0.29, 0.717) is 0 Å². The van der Waals surface area contributed by atoms with Gasteiger partial charge in [-0.2, -0.15) is 5.10 Å². The number of aromatic nitrogens is 2. The Balaban J connectivity index is 2.54. The van der Waals surface area contributed by atoms with E-state index in [1.165, 1.54) is 6.07 Å². The lowest BCUT2D eigenvalue weighted by Crippen LogP contribution is -2.20. The predicted molar refractivity (Wildman–Crippen MR) is 84.8 cm³/mol. The van der Waals surface area contributed by atoms with Gasteiger partial charge in [0.15, 0.2) is 0 Å². The van der Waals surface area contributed by atoms with E-state index in [0.717, 1.165) is 41.0 Å². The summed E-state index contributed by atoms with van der Waals surface area (Å²) in [5.41, 5.74) is 5.09. The summed E-state index contributed by atoms with van der Waals surface area (Å²) in [5, 5.41) is 7.93. The summed E-state index contributed by atoms with van der Waals surface area (Å²) in [6.07, 6.45) is 1.08. The standard InChI is InChI=1S/C17H24FN3/c1-6-9-19-11(2)15-8-7-14(18)10-16(15)17-12(3)20-21(5)13(17)4/h7-8,10-11,19H,6,9H2,1-5H3. The molecular formula is C17H24FN3. The van der Waals surface area contributed by atoms with Crippen molar-refractivity contribution >= 4 is 0 Å². The molecular weight excluding hydrogens is 265 g/mol. The molecule has 0 saturated heterocycles. The topological polar surface area (TPSA) is 29.9 Å². The molecule has 0 bridgehead atoms. The summed E-state index contributed by atoms with van der Waals surface area (Å²) < 4.78 is 15.6. The molecule has 3 nitrogen and oxygen atoms in total. The molecule has 2 rings (SSSR count). The molecule has 0 radical (unpaired) electrons. The molecule has 0 amide bonds. The van der Waals surface area contributed by atoms with E-state index in [9.17, 15) is 4.39 Å². The van der Waals surface area contributed by atoms with Crippen molar-refractivity contribution in [3.63, 3.8) is 0 Å². The van der Waals surface area contributed by atoms with Crippen molar-refractivity contribution in [1.82, 2.24) is 15.1 Å².